The van der Waals surface area contributed by atoms with Crippen molar-refractivity contribution >= 4 is 16.9 Å². The third kappa shape index (κ3) is 2.99. The normalized spacial score (nSPS) is 26.2. The average molecular weight is 338 g/mol. The van der Waals surface area contributed by atoms with Crippen LogP contribution in [0, 0.1) is 5.92 Å². The standard InChI is InChI=1S/C21H26N2O2/c1-3-14-10-15-11-18(21(24)25-2)20-17(8-9-23(12-14)13-15)16-6-4-5-7-19(16)22-20/h4-7,10,15,18,22H,3,8-9,11-13H2,1-2H3. The summed E-state index contributed by atoms with van der Waals surface area (Å²) in [4.78, 5) is 18.7. The third-order valence-corrected chi connectivity index (χ3v) is 5.74. The van der Waals surface area contributed by atoms with E-state index < -0.39 is 0 Å². The summed E-state index contributed by atoms with van der Waals surface area (Å²) >= 11 is 0. The summed E-state index contributed by atoms with van der Waals surface area (Å²) in [5, 5.41) is 1.24. The van der Waals surface area contributed by atoms with Crippen LogP contribution in [0.2, 0.25) is 0 Å². The van der Waals surface area contributed by atoms with E-state index in [0.717, 1.165) is 50.1 Å². The maximum atomic E-state index is 12.6. The Hall–Kier alpha value is -2.07. The zero-order valence-corrected chi connectivity index (χ0v) is 15.0. The van der Waals surface area contributed by atoms with Crippen LogP contribution in [0.3, 0.4) is 0 Å². The van der Waals surface area contributed by atoms with Gasteiger partial charge in [-0.15, -0.1) is 0 Å². The molecule has 0 saturated carbocycles. The summed E-state index contributed by atoms with van der Waals surface area (Å²) in [6.07, 6.45) is 5.27. The number of aromatic nitrogens is 1. The Balaban J connectivity index is 1.82. The molecule has 1 aromatic carbocycles. The van der Waals surface area contributed by atoms with Crippen LogP contribution in [0.1, 0.15) is 36.9 Å². The highest BCUT2D eigenvalue weighted by Gasteiger charge is 2.33. The van der Waals surface area contributed by atoms with Gasteiger partial charge in [0, 0.05) is 36.2 Å². The molecule has 3 unspecified atom stereocenters. The summed E-state index contributed by atoms with van der Waals surface area (Å²) in [5.41, 5.74) is 4.96. The number of nitrogens with zero attached hydrogens (tertiary/aromatic N) is 1. The van der Waals surface area contributed by atoms with E-state index in [-0.39, 0.29) is 11.9 Å². The fourth-order valence-electron chi connectivity index (χ4n) is 4.50. The lowest BCUT2D eigenvalue weighted by Gasteiger charge is -2.32. The first-order chi connectivity index (χ1) is 12.2. The van der Waals surface area contributed by atoms with Gasteiger partial charge in [-0.1, -0.05) is 36.8 Å². The molecule has 1 aromatic heterocycles. The van der Waals surface area contributed by atoms with Crippen LogP contribution in [-0.2, 0) is 16.0 Å². The van der Waals surface area contributed by atoms with E-state index in [1.165, 1.54) is 23.6 Å². The second kappa shape index (κ2) is 6.68. The molecule has 3 atom stereocenters. The maximum Gasteiger partial charge on any atom is 0.314 e. The van der Waals surface area contributed by atoms with Crippen LogP contribution in [-0.4, -0.2) is 42.6 Å². The molecule has 3 heterocycles. The SMILES string of the molecule is CCC1=CC2CC(C(=O)OC)c3[nH]c4ccccc4c3CCN(C1)C2. The number of para-hydroxylation sites is 1. The van der Waals surface area contributed by atoms with Crippen LogP contribution in [0.15, 0.2) is 35.9 Å². The maximum absolute atomic E-state index is 12.6. The van der Waals surface area contributed by atoms with Crippen LogP contribution in [0.25, 0.3) is 10.9 Å². The Morgan fingerprint density at radius 2 is 2.20 bits per heavy atom. The summed E-state index contributed by atoms with van der Waals surface area (Å²) in [5.74, 6) is 0.0632. The predicted octanol–water partition coefficient (Wildman–Crippen LogP) is 3.64. The van der Waals surface area contributed by atoms with Crippen LogP contribution in [0.4, 0.5) is 0 Å². The van der Waals surface area contributed by atoms with Crippen molar-refractivity contribution in [3.8, 4) is 0 Å². The number of benzene rings is 1. The van der Waals surface area contributed by atoms with Crippen molar-refractivity contribution in [2.24, 2.45) is 5.92 Å². The predicted molar refractivity (Wildman–Crippen MR) is 99.7 cm³/mol. The van der Waals surface area contributed by atoms with Gasteiger partial charge < -0.3 is 9.72 Å². The number of esters is 1. The number of ether oxygens (including phenoxy) is 1. The molecular formula is C21H26N2O2. The van der Waals surface area contributed by atoms with E-state index in [0.29, 0.717) is 5.92 Å². The van der Waals surface area contributed by atoms with Crippen molar-refractivity contribution in [1.82, 2.24) is 9.88 Å². The molecule has 0 amide bonds. The van der Waals surface area contributed by atoms with Crippen molar-refractivity contribution in [2.75, 3.05) is 26.7 Å². The Morgan fingerprint density at radius 3 is 3.00 bits per heavy atom. The molecule has 4 heteroatoms. The van der Waals surface area contributed by atoms with Crippen molar-refractivity contribution in [2.45, 2.75) is 32.1 Å². The molecule has 0 saturated heterocycles. The highest BCUT2D eigenvalue weighted by atomic mass is 16.5. The third-order valence-electron chi connectivity index (χ3n) is 5.74. The molecule has 2 bridgehead atoms. The Morgan fingerprint density at radius 1 is 1.36 bits per heavy atom. The highest BCUT2D eigenvalue weighted by Crippen LogP contribution is 2.36. The average Bonchev–Trinajstić information content (AvgIpc) is 3.02. The molecular weight excluding hydrogens is 312 g/mol. The number of hydrogen-bond acceptors (Lipinski definition) is 3. The van der Waals surface area contributed by atoms with Gasteiger partial charge in [0.05, 0.1) is 13.0 Å². The number of rotatable bonds is 2. The molecule has 25 heavy (non-hydrogen) atoms. The minimum atomic E-state index is -0.218. The number of carbonyl (C=O) groups excluding carboxylic acids is 1. The number of methoxy groups -OCH3 is 1. The minimum Gasteiger partial charge on any atom is -0.469 e. The molecule has 0 radical (unpaired) electrons. The monoisotopic (exact) mass is 338 g/mol. The van der Waals surface area contributed by atoms with Crippen molar-refractivity contribution < 1.29 is 9.53 Å². The molecule has 1 N–H and O–H groups in total. The number of hydrogen-bond donors (Lipinski definition) is 1. The lowest BCUT2D eigenvalue weighted by atomic mass is 9.87. The van der Waals surface area contributed by atoms with Gasteiger partial charge in [-0.3, -0.25) is 9.69 Å². The van der Waals surface area contributed by atoms with Crippen molar-refractivity contribution in [3.05, 3.63) is 47.2 Å². The van der Waals surface area contributed by atoms with Gasteiger partial charge in [-0.25, -0.2) is 0 Å². The zero-order valence-electron chi connectivity index (χ0n) is 15.0. The van der Waals surface area contributed by atoms with E-state index in [1.807, 2.05) is 6.07 Å². The van der Waals surface area contributed by atoms with Crippen LogP contribution < -0.4 is 0 Å². The fraction of sp³-hybridized carbons (Fsp3) is 0.476. The molecule has 0 spiro atoms. The van der Waals surface area contributed by atoms with Gasteiger partial charge in [0.25, 0.3) is 0 Å². The summed E-state index contributed by atoms with van der Waals surface area (Å²) in [6, 6.07) is 8.37. The van der Waals surface area contributed by atoms with E-state index in [1.54, 1.807) is 0 Å². The minimum absolute atomic E-state index is 0.127. The molecule has 0 fully saturated rings. The van der Waals surface area contributed by atoms with E-state index >= 15 is 0 Å². The first kappa shape index (κ1) is 16.4. The molecule has 4 rings (SSSR count). The van der Waals surface area contributed by atoms with Crippen molar-refractivity contribution in [3.63, 3.8) is 0 Å². The second-order valence-corrected chi connectivity index (χ2v) is 7.30. The molecule has 0 aliphatic carbocycles. The molecule has 2 aromatic rings. The number of H-pyrrole nitrogens is 1. The zero-order chi connectivity index (χ0) is 17.4. The lowest BCUT2D eigenvalue weighted by molar-refractivity contribution is -0.142. The first-order valence-corrected chi connectivity index (χ1v) is 9.28. The van der Waals surface area contributed by atoms with Crippen molar-refractivity contribution in [1.29, 1.82) is 0 Å². The number of fused-ring (bicyclic) bond motifs is 5. The highest BCUT2D eigenvalue weighted by molar-refractivity contribution is 5.88. The second-order valence-electron chi connectivity index (χ2n) is 7.30. The summed E-state index contributed by atoms with van der Waals surface area (Å²) in [7, 11) is 1.50. The number of nitrogens with one attached hydrogen (secondary N) is 1. The van der Waals surface area contributed by atoms with Gasteiger partial charge in [0.1, 0.15) is 0 Å². The van der Waals surface area contributed by atoms with Gasteiger partial charge in [0.15, 0.2) is 0 Å². The molecule has 2 aliphatic rings. The molecule has 4 nitrogen and oxygen atoms in total. The van der Waals surface area contributed by atoms with Gasteiger partial charge >= 0.3 is 5.97 Å². The van der Waals surface area contributed by atoms with E-state index in [4.69, 9.17) is 4.74 Å². The van der Waals surface area contributed by atoms with Crippen LogP contribution >= 0.6 is 0 Å². The van der Waals surface area contributed by atoms with Gasteiger partial charge in [-0.2, -0.15) is 0 Å². The summed E-state index contributed by atoms with van der Waals surface area (Å²) < 4.78 is 5.18. The van der Waals surface area contributed by atoms with E-state index in [2.05, 4.69) is 41.1 Å². The Kier molecular flexibility index (Phi) is 4.38. The lowest BCUT2D eigenvalue weighted by Crippen LogP contribution is -2.36. The Labute approximate surface area is 148 Å². The Bertz CT molecular complexity index is 820. The molecule has 2 aliphatic heterocycles. The summed E-state index contributed by atoms with van der Waals surface area (Å²) in [6.45, 7) is 5.36. The molecule has 132 valence electrons. The van der Waals surface area contributed by atoms with Gasteiger partial charge in [0.2, 0.25) is 0 Å². The topological polar surface area (TPSA) is 45.3 Å². The first-order valence-electron chi connectivity index (χ1n) is 9.28. The number of carbonyl (C=O) groups is 1. The smallest absolute Gasteiger partial charge is 0.314 e. The van der Waals surface area contributed by atoms with Gasteiger partial charge in [-0.05, 0) is 36.8 Å². The fourth-order valence-corrected chi connectivity index (χ4v) is 4.50. The van der Waals surface area contributed by atoms with E-state index in [9.17, 15) is 4.79 Å². The quantitative estimate of drug-likeness (QED) is 0.672. The van der Waals surface area contributed by atoms with Crippen LogP contribution in [0.5, 0.6) is 0 Å². The largest absolute Gasteiger partial charge is 0.469 e. The number of aromatic amines is 1.